The van der Waals surface area contributed by atoms with Crippen molar-refractivity contribution in [1.82, 2.24) is 10.2 Å². The molecule has 0 aliphatic carbocycles. The van der Waals surface area contributed by atoms with Gasteiger partial charge in [-0.1, -0.05) is 13.8 Å². The summed E-state index contributed by atoms with van der Waals surface area (Å²) in [6, 6.07) is 0.580. The Morgan fingerprint density at radius 3 is 2.50 bits per heavy atom. The van der Waals surface area contributed by atoms with E-state index in [1.165, 1.54) is 0 Å². The van der Waals surface area contributed by atoms with Crippen LogP contribution in [0.25, 0.3) is 0 Å². The molecule has 2 amide bonds. The molecule has 0 aromatic carbocycles. The summed E-state index contributed by atoms with van der Waals surface area (Å²) in [4.78, 5) is 35.1. The Morgan fingerprint density at radius 1 is 1.45 bits per heavy atom. The standard InChI is InChI=1S/C14H22N4O4/c1-10(2)6-12(14(21)22)17-13(20)11(7-16)8-18(9-19)5-3-4-15/h8-10,12H,3-6,15H2,1-2H3,(H,17,20)(H,21,22)/b11-8-. The molecule has 8 heteroatoms. The molecule has 0 saturated heterocycles. The number of nitrogens with two attached hydrogens (primary N) is 1. The van der Waals surface area contributed by atoms with Gasteiger partial charge in [0.15, 0.2) is 0 Å². The fourth-order valence-corrected chi connectivity index (χ4v) is 1.65. The minimum Gasteiger partial charge on any atom is -0.480 e. The van der Waals surface area contributed by atoms with Gasteiger partial charge in [-0.15, -0.1) is 0 Å². The van der Waals surface area contributed by atoms with Crippen molar-refractivity contribution in [3.05, 3.63) is 11.8 Å². The smallest absolute Gasteiger partial charge is 0.326 e. The molecule has 0 heterocycles. The molecule has 0 spiro atoms. The second-order valence-corrected chi connectivity index (χ2v) is 5.13. The third kappa shape index (κ3) is 7.40. The van der Waals surface area contributed by atoms with Crippen LogP contribution < -0.4 is 11.1 Å². The molecule has 122 valence electrons. The number of aliphatic carboxylic acids is 1. The van der Waals surface area contributed by atoms with Crippen LogP contribution in [-0.4, -0.2) is 47.4 Å². The normalized spacial score (nSPS) is 12.4. The average Bonchev–Trinajstić information content (AvgIpc) is 2.46. The third-order valence-corrected chi connectivity index (χ3v) is 2.73. The summed E-state index contributed by atoms with van der Waals surface area (Å²) < 4.78 is 0. The molecule has 0 aromatic rings. The topological polar surface area (TPSA) is 137 Å². The van der Waals surface area contributed by atoms with E-state index in [9.17, 15) is 14.4 Å². The van der Waals surface area contributed by atoms with Crippen molar-refractivity contribution in [2.24, 2.45) is 11.7 Å². The van der Waals surface area contributed by atoms with Gasteiger partial charge in [-0.25, -0.2) is 4.79 Å². The SMILES string of the molecule is CC(C)CC(NC(=O)/C(C#N)=C\N(C=O)CCCN)C(=O)O. The van der Waals surface area contributed by atoms with Crippen molar-refractivity contribution >= 4 is 18.3 Å². The number of rotatable bonds is 10. The third-order valence-electron chi connectivity index (χ3n) is 2.73. The van der Waals surface area contributed by atoms with Crippen LogP contribution in [0.2, 0.25) is 0 Å². The number of hydrogen-bond acceptors (Lipinski definition) is 5. The first-order chi connectivity index (χ1) is 10.3. The van der Waals surface area contributed by atoms with E-state index in [0.29, 0.717) is 19.4 Å². The predicted molar refractivity (Wildman–Crippen MR) is 79.2 cm³/mol. The molecule has 4 N–H and O–H groups in total. The van der Waals surface area contributed by atoms with Gasteiger partial charge < -0.3 is 21.1 Å². The van der Waals surface area contributed by atoms with Crippen LogP contribution in [0.1, 0.15) is 26.7 Å². The summed E-state index contributed by atoms with van der Waals surface area (Å²) >= 11 is 0. The van der Waals surface area contributed by atoms with E-state index in [1.54, 1.807) is 6.07 Å². The number of carbonyl (C=O) groups is 3. The summed E-state index contributed by atoms with van der Waals surface area (Å²) in [5.41, 5.74) is 4.99. The van der Waals surface area contributed by atoms with Gasteiger partial charge in [0.05, 0.1) is 0 Å². The Balaban J connectivity index is 4.99. The highest BCUT2D eigenvalue weighted by Crippen LogP contribution is 2.06. The molecular weight excluding hydrogens is 288 g/mol. The lowest BCUT2D eigenvalue weighted by atomic mass is 10.0. The van der Waals surface area contributed by atoms with E-state index in [1.807, 2.05) is 13.8 Å². The average molecular weight is 310 g/mol. The quantitative estimate of drug-likeness (QED) is 0.291. The van der Waals surface area contributed by atoms with Crippen LogP contribution in [0.15, 0.2) is 11.8 Å². The van der Waals surface area contributed by atoms with Crippen LogP contribution in [0.5, 0.6) is 0 Å². The fraction of sp³-hybridized carbons (Fsp3) is 0.571. The maximum atomic E-state index is 12.0. The van der Waals surface area contributed by atoms with Gasteiger partial charge in [0, 0.05) is 12.7 Å². The van der Waals surface area contributed by atoms with Crippen molar-refractivity contribution in [1.29, 1.82) is 5.26 Å². The first-order valence-electron chi connectivity index (χ1n) is 6.92. The number of amides is 2. The zero-order chi connectivity index (χ0) is 17.1. The largest absolute Gasteiger partial charge is 0.480 e. The minimum absolute atomic E-state index is 0.0620. The molecule has 1 unspecified atom stereocenters. The van der Waals surface area contributed by atoms with Gasteiger partial charge in [-0.2, -0.15) is 5.26 Å². The monoisotopic (exact) mass is 310 g/mol. The number of carboxylic acid groups (broad SMARTS) is 1. The minimum atomic E-state index is -1.17. The maximum absolute atomic E-state index is 12.0. The zero-order valence-corrected chi connectivity index (χ0v) is 12.8. The lowest BCUT2D eigenvalue weighted by Crippen LogP contribution is -2.42. The molecule has 0 rings (SSSR count). The second kappa shape index (κ2) is 10.3. The van der Waals surface area contributed by atoms with E-state index in [4.69, 9.17) is 16.1 Å². The van der Waals surface area contributed by atoms with Gasteiger partial charge in [0.25, 0.3) is 5.91 Å². The summed E-state index contributed by atoms with van der Waals surface area (Å²) in [5.74, 6) is -1.93. The van der Waals surface area contributed by atoms with Gasteiger partial charge in [0.2, 0.25) is 6.41 Å². The number of carboxylic acids is 1. The second-order valence-electron chi connectivity index (χ2n) is 5.13. The first kappa shape index (κ1) is 19.6. The molecule has 0 fully saturated rings. The molecule has 0 saturated carbocycles. The van der Waals surface area contributed by atoms with Crippen molar-refractivity contribution in [2.75, 3.05) is 13.1 Å². The highest BCUT2D eigenvalue weighted by atomic mass is 16.4. The highest BCUT2D eigenvalue weighted by Gasteiger charge is 2.23. The summed E-state index contributed by atoms with van der Waals surface area (Å²) in [7, 11) is 0. The first-order valence-corrected chi connectivity index (χ1v) is 6.92. The number of nitriles is 1. The Labute approximate surface area is 129 Å². The summed E-state index contributed by atoms with van der Waals surface area (Å²) in [6.07, 6.45) is 2.32. The zero-order valence-electron chi connectivity index (χ0n) is 12.8. The Bertz CT molecular complexity index is 468. The Hall–Kier alpha value is -2.40. The molecule has 0 radical (unpaired) electrons. The number of carbonyl (C=O) groups excluding carboxylic acids is 2. The van der Waals surface area contributed by atoms with Crippen LogP contribution in [0.3, 0.4) is 0 Å². The lowest BCUT2D eigenvalue weighted by Gasteiger charge is -2.17. The molecule has 22 heavy (non-hydrogen) atoms. The molecule has 0 bridgehead atoms. The van der Waals surface area contributed by atoms with Gasteiger partial charge in [-0.05, 0) is 25.3 Å². The molecule has 0 aliphatic rings. The number of nitrogens with one attached hydrogen (secondary N) is 1. The van der Waals surface area contributed by atoms with E-state index in [2.05, 4.69) is 5.32 Å². The van der Waals surface area contributed by atoms with E-state index in [0.717, 1.165) is 11.1 Å². The van der Waals surface area contributed by atoms with Crippen molar-refractivity contribution in [3.8, 4) is 6.07 Å². The molecule has 0 aromatic heterocycles. The van der Waals surface area contributed by atoms with Gasteiger partial charge >= 0.3 is 5.97 Å². The molecule has 8 nitrogen and oxygen atoms in total. The lowest BCUT2D eigenvalue weighted by molar-refractivity contribution is -0.141. The van der Waals surface area contributed by atoms with E-state index < -0.39 is 17.9 Å². The van der Waals surface area contributed by atoms with Crippen LogP contribution in [0.4, 0.5) is 0 Å². The Kier molecular flexibility index (Phi) is 9.22. The summed E-state index contributed by atoms with van der Waals surface area (Å²) in [6.45, 7) is 4.28. The maximum Gasteiger partial charge on any atom is 0.326 e. The molecular formula is C14H22N4O4. The predicted octanol–water partition coefficient (Wildman–Crippen LogP) is -0.183. The highest BCUT2D eigenvalue weighted by molar-refractivity contribution is 5.99. The Morgan fingerprint density at radius 2 is 2.09 bits per heavy atom. The van der Waals surface area contributed by atoms with Crippen LogP contribution in [0, 0.1) is 17.2 Å². The molecule has 0 aliphatic heterocycles. The van der Waals surface area contributed by atoms with Crippen LogP contribution >= 0.6 is 0 Å². The van der Waals surface area contributed by atoms with Crippen molar-refractivity contribution in [2.45, 2.75) is 32.7 Å². The number of nitrogens with zero attached hydrogens (tertiary/aromatic N) is 2. The van der Waals surface area contributed by atoms with Crippen molar-refractivity contribution in [3.63, 3.8) is 0 Å². The van der Waals surface area contributed by atoms with Gasteiger partial charge in [0.1, 0.15) is 17.7 Å². The van der Waals surface area contributed by atoms with E-state index >= 15 is 0 Å². The van der Waals surface area contributed by atoms with Crippen LogP contribution in [-0.2, 0) is 14.4 Å². The molecule has 1 atom stereocenters. The van der Waals surface area contributed by atoms with Gasteiger partial charge in [-0.3, -0.25) is 9.59 Å². The van der Waals surface area contributed by atoms with Crippen molar-refractivity contribution < 1.29 is 19.5 Å². The summed E-state index contributed by atoms with van der Waals surface area (Å²) in [5, 5.41) is 20.4. The fourth-order valence-electron chi connectivity index (χ4n) is 1.65. The van der Waals surface area contributed by atoms with E-state index in [-0.39, 0.29) is 24.5 Å². The number of hydrogen-bond donors (Lipinski definition) is 3.